The van der Waals surface area contributed by atoms with Crippen LogP contribution in [0.4, 0.5) is 11.4 Å². The number of aromatic hydroxyl groups is 1. The number of anilines is 2. The van der Waals surface area contributed by atoms with Gasteiger partial charge in [-0.15, -0.1) is 0 Å². The van der Waals surface area contributed by atoms with Crippen molar-refractivity contribution in [3.63, 3.8) is 0 Å². The number of hydrogen-bond acceptors (Lipinski definition) is 5. The molecule has 0 aliphatic rings. The molecular formula is C44H84N2O3. The van der Waals surface area contributed by atoms with Gasteiger partial charge in [0, 0.05) is 13.1 Å². The normalized spacial score (nSPS) is 12.7. The Morgan fingerprint density at radius 2 is 0.735 bits per heavy atom. The van der Waals surface area contributed by atoms with Gasteiger partial charge in [-0.2, -0.15) is 0 Å². The number of unbranched alkanes of at least 4 members (excludes halogenated alkanes) is 28. The minimum atomic E-state index is -0.440. The highest BCUT2D eigenvalue weighted by molar-refractivity contribution is 5.75. The number of aliphatic hydroxyl groups excluding tert-OH is 2. The van der Waals surface area contributed by atoms with E-state index in [0.29, 0.717) is 18.8 Å². The first-order chi connectivity index (χ1) is 24.1. The summed E-state index contributed by atoms with van der Waals surface area (Å²) in [5, 5.41) is 38.2. The van der Waals surface area contributed by atoms with E-state index >= 15 is 0 Å². The number of benzene rings is 1. The molecule has 0 amide bonds. The molecule has 0 spiro atoms. The van der Waals surface area contributed by atoms with E-state index in [0.717, 1.165) is 31.4 Å². The van der Waals surface area contributed by atoms with Crippen molar-refractivity contribution < 1.29 is 15.3 Å². The predicted octanol–water partition coefficient (Wildman–Crippen LogP) is 13.5. The molecule has 288 valence electrons. The zero-order valence-corrected chi connectivity index (χ0v) is 32.8. The molecule has 0 aliphatic heterocycles. The summed E-state index contributed by atoms with van der Waals surface area (Å²) < 4.78 is 0. The third kappa shape index (κ3) is 28.9. The van der Waals surface area contributed by atoms with Crippen LogP contribution in [0.2, 0.25) is 0 Å². The average Bonchev–Trinajstić information content (AvgIpc) is 3.10. The highest BCUT2D eigenvalue weighted by Gasteiger charge is 2.12. The molecule has 2 atom stereocenters. The molecule has 49 heavy (non-hydrogen) atoms. The maximum atomic E-state index is 10.6. The van der Waals surface area contributed by atoms with Crippen molar-refractivity contribution in [2.75, 3.05) is 23.7 Å². The lowest BCUT2D eigenvalue weighted by Gasteiger charge is -2.19. The fourth-order valence-electron chi connectivity index (χ4n) is 7.03. The maximum absolute atomic E-state index is 10.6. The minimum absolute atomic E-state index is 0.168. The summed E-state index contributed by atoms with van der Waals surface area (Å²) in [4.78, 5) is 0. The van der Waals surface area contributed by atoms with Crippen LogP contribution >= 0.6 is 0 Å². The molecule has 0 heterocycles. The molecule has 0 saturated carbocycles. The number of phenolic OH excluding ortho intramolecular Hbond substituents is 1. The highest BCUT2D eigenvalue weighted by atomic mass is 16.3. The fraction of sp³-hybridized carbons (Fsp3) is 0.864. The third-order valence-corrected chi connectivity index (χ3v) is 10.4. The lowest BCUT2D eigenvalue weighted by molar-refractivity contribution is 0.172. The van der Waals surface area contributed by atoms with Crippen LogP contribution < -0.4 is 10.6 Å². The van der Waals surface area contributed by atoms with Gasteiger partial charge in [0.05, 0.1) is 17.9 Å². The summed E-state index contributed by atoms with van der Waals surface area (Å²) in [5.41, 5.74) is 1.38. The van der Waals surface area contributed by atoms with E-state index in [2.05, 4.69) is 24.5 Å². The first-order valence-corrected chi connectivity index (χ1v) is 21.7. The molecule has 5 nitrogen and oxygen atoms in total. The van der Waals surface area contributed by atoms with Crippen molar-refractivity contribution in [2.45, 2.75) is 232 Å². The summed E-state index contributed by atoms with van der Waals surface area (Å²) in [6.07, 6.45) is 41.1. The van der Waals surface area contributed by atoms with Crippen molar-refractivity contribution in [2.24, 2.45) is 0 Å². The van der Waals surface area contributed by atoms with Crippen LogP contribution in [0.15, 0.2) is 18.2 Å². The van der Waals surface area contributed by atoms with Crippen molar-refractivity contribution >= 4 is 11.4 Å². The monoisotopic (exact) mass is 689 g/mol. The lowest BCUT2D eigenvalue weighted by atomic mass is 10.0. The van der Waals surface area contributed by atoms with E-state index in [4.69, 9.17) is 0 Å². The Balaban J connectivity index is 2.04. The van der Waals surface area contributed by atoms with E-state index in [1.54, 1.807) is 6.07 Å². The summed E-state index contributed by atoms with van der Waals surface area (Å²) in [7, 11) is 0. The maximum Gasteiger partial charge on any atom is 0.140 e. The Bertz CT molecular complexity index is 819. The van der Waals surface area contributed by atoms with Gasteiger partial charge in [-0.05, 0) is 25.0 Å². The topological polar surface area (TPSA) is 84.8 Å². The zero-order valence-electron chi connectivity index (χ0n) is 32.8. The van der Waals surface area contributed by atoms with Crippen LogP contribution in [0.25, 0.3) is 0 Å². The van der Waals surface area contributed by atoms with E-state index < -0.39 is 12.2 Å². The van der Waals surface area contributed by atoms with Crippen LogP contribution in [0.1, 0.15) is 219 Å². The first kappa shape index (κ1) is 45.6. The largest absolute Gasteiger partial charge is 0.506 e. The summed E-state index contributed by atoms with van der Waals surface area (Å²) in [5.74, 6) is 0.168. The van der Waals surface area contributed by atoms with Gasteiger partial charge in [0.25, 0.3) is 0 Å². The Hall–Kier alpha value is -1.46. The standard InChI is InChI=1S/C44H84N2O3/c1-3-5-7-9-11-13-15-17-19-21-23-25-27-29-31-34-40(47)38-45-42-36-33-37-43(49)44(42)46-39-41(48)35-32-30-28-26-24-22-20-18-16-14-12-10-8-6-4-2/h33,36-37,40-41,45-49H,3-32,34-35,38-39H2,1-2H3. The SMILES string of the molecule is CCCCCCCCCCCCCCCCCC(O)CNc1cccc(O)c1NCC(O)CCCCCCCCCCCCCCCCC. The van der Waals surface area contributed by atoms with Gasteiger partial charge in [-0.3, -0.25) is 0 Å². The Morgan fingerprint density at radius 1 is 0.429 bits per heavy atom. The number of nitrogens with one attached hydrogen (secondary N) is 2. The van der Waals surface area contributed by atoms with Crippen molar-refractivity contribution in [1.82, 2.24) is 0 Å². The molecular weight excluding hydrogens is 604 g/mol. The van der Waals surface area contributed by atoms with E-state index in [-0.39, 0.29) is 5.75 Å². The van der Waals surface area contributed by atoms with Crippen LogP contribution in [0.5, 0.6) is 5.75 Å². The van der Waals surface area contributed by atoms with E-state index in [1.807, 2.05) is 12.1 Å². The second-order valence-corrected chi connectivity index (χ2v) is 15.2. The molecule has 0 radical (unpaired) electrons. The minimum Gasteiger partial charge on any atom is -0.506 e. The van der Waals surface area contributed by atoms with Crippen LogP contribution in [0, 0.1) is 0 Å². The zero-order chi connectivity index (χ0) is 35.5. The molecule has 2 unspecified atom stereocenters. The Labute approximate surface area is 305 Å². The molecule has 1 rings (SSSR count). The Morgan fingerprint density at radius 3 is 1.08 bits per heavy atom. The van der Waals surface area contributed by atoms with Gasteiger partial charge in [0.1, 0.15) is 11.4 Å². The van der Waals surface area contributed by atoms with Crippen molar-refractivity contribution in [3.8, 4) is 5.75 Å². The predicted molar refractivity (Wildman–Crippen MR) is 216 cm³/mol. The molecule has 5 N–H and O–H groups in total. The van der Waals surface area contributed by atoms with Crippen LogP contribution in [-0.2, 0) is 0 Å². The molecule has 0 bridgehead atoms. The van der Waals surface area contributed by atoms with Gasteiger partial charge >= 0.3 is 0 Å². The van der Waals surface area contributed by atoms with Crippen molar-refractivity contribution in [1.29, 1.82) is 0 Å². The van der Waals surface area contributed by atoms with Crippen LogP contribution in [0.3, 0.4) is 0 Å². The molecule has 0 fully saturated rings. The van der Waals surface area contributed by atoms with E-state index in [9.17, 15) is 15.3 Å². The molecule has 5 heteroatoms. The molecule has 1 aromatic carbocycles. The van der Waals surface area contributed by atoms with Crippen LogP contribution in [-0.4, -0.2) is 40.6 Å². The van der Waals surface area contributed by atoms with Gasteiger partial charge < -0.3 is 26.0 Å². The molecule has 0 saturated heterocycles. The average molecular weight is 689 g/mol. The van der Waals surface area contributed by atoms with Gasteiger partial charge in [0.15, 0.2) is 0 Å². The smallest absolute Gasteiger partial charge is 0.140 e. The van der Waals surface area contributed by atoms with Gasteiger partial charge in [-0.25, -0.2) is 0 Å². The molecule has 0 aromatic heterocycles. The summed E-state index contributed by atoms with van der Waals surface area (Å²) in [6, 6.07) is 5.40. The summed E-state index contributed by atoms with van der Waals surface area (Å²) >= 11 is 0. The summed E-state index contributed by atoms with van der Waals surface area (Å²) in [6.45, 7) is 5.43. The van der Waals surface area contributed by atoms with Gasteiger partial charge in [0.2, 0.25) is 0 Å². The number of aliphatic hydroxyl groups is 2. The van der Waals surface area contributed by atoms with Gasteiger partial charge in [-0.1, -0.05) is 213 Å². The fourth-order valence-corrected chi connectivity index (χ4v) is 7.03. The first-order valence-electron chi connectivity index (χ1n) is 21.7. The van der Waals surface area contributed by atoms with Crippen molar-refractivity contribution in [3.05, 3.63) is 18.2 Å². The Kier molecular flexibility index (Phi) is 32.5. The number of phenols is 1. The lowest BCUT2D eigenvalue weighted by Crippen LogP contribution is -2.22. The molecule has 0 aliphatic carbocycles. The second-order valence-electron chi connectivity index (χ2n) is 15.2. The van der Waals surface area contributed by atoms with E-state index in [1.165, 1.54) is 180 Å². The second kappa shape index (κ2) is 35.0. The number of hydrogen-bond donors (Lipinski definition) is 5. The number of rotatable bonds is 38. The number of para-hydroxylation sites is 1. The molecule has 1 aromatic rings. The third-order valence-electron chi connectivity index (χ3n) is 10.4. The highest BCUT2D eigenvalue weighted by Crippen LogP contribution is 2.32. The quantitative estimate of drug-likeness (QED) is 0.0353.